The van der Waals surface area contributed by atoms with Crippen LogP contribution < -0.4 is 5.43 Å². The highest BCUT2D eigenvalue weighted by Gasteiger charge is 2.05. The van der Waals surface area contributed by atoms with Crippen molar-refractivity contribution in [2.24, 2.45) is 5.10 Å². The molecule has 1 radical (unpaired) electrons. The maximum atomic E-state index is 3.96. The third kappa shape index (κ3) is 2.08. The van der Waals surface area contributed by atoms with Gasteiger partial charge in [0.2, 0.25) is 0 Å². The van der Waals surface area contributed by atoms with E-state index in [1.165, 1.54) is 0 Å². The van der Waals surface area contributed by atoms with Crippen LogP contribution in [0.2, 0.25) is 0 Å². The van der Waals surface area contributed by atoms with Crippen molar-refractivity contribution >= 4 is 5.71 Å². The number of allylic oxidation sites excluding steroid dienone is 3. The molecule has 0 aromatic heterocycles. The molecule has 0 unspecified atom stereocenters. The van der Waals surface area contributed by atoms with Gasteiger partial charge in [0.1, 0.15) is 0 Å². The second kappa shape index (κ2) is 3.76. The third-order valence-electron chi connectivity index (χ3n) is 1.35. The van der Waals surface area contributed by atoms with E-state index >= 15 is 0 Å². The predicted octanol–water partition coefficient (Wildman–Crippen LogP) is 2.00. The molecule has 0 N–H and O–H groups in total. The van der Waals surface area contributed by atoms with E-state index in [1.807, 2.05) is 18.2 Å². The molecule has 0 fully saturated rings. The highest BCUT2D eigenvalue weighted by atomic mass is 15.3. The highest BCUT2D eigenvalue weighted by molar-refractivity contribution is 5.97. The average molecular weight is 147 g/mol. The molecule has 0 aromatic carbocycles. The Kier molecular flexibility index (Phi) is 2.66. The summed E-state index contributed by atoms with van der Waals surface area (Å²) < 4.78 is 0. The smallest absolute Gasteiger partial charge is 0.0687 e. The number of rotatable bonds is 4. The van der Waals surface area contributed by atoms with Crippen LogP contribution in [0, 0.1) is 0 Å². The Morgan fingerprint density at radius 1 is 1.27 bits per heavy atom. The van der Waals surface area contributed by atoms with E-state index in [1.54, 1.807) is 0 Å². The largest absolute Gasteiger partial charge is 0.155 e. The molecule has 1 aliphatic rings. The summed E-state index contributed by atoms with van der Waals surface area (Å²) in [6.07, 6.45) is 7.21. The van der Waals surface area contributed by atoms with Gasteiger partial charge in [-0.2, -0.15) is 10.5 Å². The monoisotopic (exact) mass is 147 g/mol. The quantitative estimate of drug-likeness (QED) is 0.544. The van der Waals surface area contributed by atoms with Crippen molar-refractivity contribution in [3.63, 3.8) is 0 Å². The van der Waals surface area contributed by atoms with Crippen molar-refractivity contribution in [2.75, 3.05) is 0 Å². The molecular formula is C9H11N2. The molecule has 0 atom stereocenters. The molecule has 0 amide bonds. The van der Waals surface area contributed by atoms with Gasteiger partial charge in [0.25, 0.3) is 0 Å². The Morgan fingerprint density at radius 3 is 2.64 bits per heavy atom. The van der Waals surface area contributed by atoms with Crippen LogP contribution >= 0.6 is 0 Å². The van der Waals surface area contributed by atoms with E-state index in [9.17, 15) is 0 Å². The average Bonchev–Trinajstić information content (AvgIpc) is 2.38. The molecule has 1 heterocycles. The van der Waals surface area contributed by atoms with Crippen LogP contribution in [0.3, 0.4) is 0 Å². The van der Waals surface area contributed by atoms with Crippen LogP contribution in [0.5, 0.6) is 0 Å². The maximum Gasteiger partial charge on any atom is 0.0687 e. The van der Waals surface area contributed by atoms with Crippen LogP contribution in [0.15, 0.2) is 42.2 Å². The van der Waals surface area contributed by atoms with Crippen LogP contribution in [0.25, 0.3) is 0 Å². The van der Waals surface area contributed by atoms with Gasteiger partial charge < -0.3 is 0 Å². The molecule has 2 heteroatoms. The van der Waals surface area contributed by atoms with Gasteiger partial charge in [-0.1, -0.05) is 12.2 Å². The van der Waals surface area contributed by atoms with Gasteiger partial charge in [0, 0.05) is 12.8 Å². The lowest BCUT2D eigenvalue weighted by Gasteiger charge is -1.88. The Hall–Kier alpha value is -1.31. The van der Waals surface area contributed by atoms with Gasteiger partial charge in [-0.15, -0.1) is 13.2 Å². The summed E-state index contributed by atoms with van der Waals surface area (Å²) in [5.41, 5.74) is 5.92. The normalized spacial score (nSPS) is 14.9. The molecule has 1 rings (SSSR count). The first kappa shape index (κ1) is 7.79. The summed E-state index contributed by atoms with van der Waals surface area (Å²) in [5.74, 6) is 0. The maximum absolute atomic E-state index is 3.96. The second-order valence-electron chi connectivity index (χ2n) is 2.31. The molecule has 0 aromatic rings. The van der Waals surface area contributed by atoms with E-state index in [0.29, 0.717) is 0 Å². The second-order valence-corrected chi connectivity index (χ2v) is 2.31. The van der Waals surface area contributed by atoms with Crippen LogP contribution in [-0.4, -0.2) is 5.71 Å². The zero-order valence-corrected chi connectivity index (χ0v) is 6.45. The lowest BCUT2D eigenvalue weighted by Crippen LogP contribution is -1.88. The van der Waals surface area contributed by atoms with Gasteiger partial charge in [0.05, 0.1) is 11.4 Å². The van der Waals surface area contributed by atoms with E-state index < -0.39 is 0 Å². The van der Waals surface area contributed by atoms with Gasteiger partial charge in [-0.25, -0.2) is 0 Å². The Bertz CT molecular complexity index is 224. The number of hydrogen-bond donors (Lipinski definition) is 0. The Labute approximate surface area is 67.0 Å². The first-order valence-corrected chi connectivity index (χ1v) is 3.56. The number of nitrogens with zero attached hydrogens (tertiary/aromatic N) is 2. The molecule has 0 saturated heterocycles. The first-order valence-electron chi connectivity index (χ1n) is 3.56. The molecule has 2 nitrogen and oxygen atoms in total. The van der Waals surface area contributed by atoms with Gasteiger partial charge >= 0.3 is 0 Å². The fourth-order valence-electron chi connectivity index (χ4n) is 0.874. The van der Waals surface area contributed by atoms with Crippen molar-refractivity contribution in [3.8, 4) is 0 Å². The molecule has 0 bridgehead atoms. The predicted molar refractivity (Wildman–Crippen MR) is 47.3 cm³/mol. The molecule has 1 aliphatic heterocycles. The molecule has 0 saturated carbocycles. The SMILES string of the molecule is C=CCC1=CC(CC=C)=N[N]1. The van der Waals surface area contributed by atoms with Crippen LogP contribution in [0.1, 0.15) is 12.8 Å². The minimum Gasteiger partial charge on any atom is -0.155 e. The summed E-state index contributed by atoms with van der Waals surface area (Å²) in [6.45, 7) is 7.25. The minimum atomic E-state index is 0.796. The van der Waals surface area contributed by atoms with E-state index in [2.05, 4.69) is 23.7 Å². The fraction of sp³-hybridized carbons (Fsp3) is 0.222. The zero-order chi connectivity index (χ0) is 8.10. The molecule has 57 valence electrons. The van der Waals surface area contributed by atoms with E-state index in [-0.39, 0.29) is 0 Å². The van der Waals surface area contributed by atoms with Crippen molar-refractivity contribution < 1.29 is 0 Å². The van der Waals surface area contributed by atoms with Crippen molar-refractivity contribution in [3.05, 3.63) is 37.1 Å². The summed E-state index contributed by atoms with van der Waals surface area (Å²) >= 11 is 0. The van der Waals surface area contributed by atoms with E-state index in [4.69, 9.17) is 0 Å². The lowest BCUT2D eigenvalue weighted by atomic mass is 10.2. The lowest BCUT2D eigenvalue weighted by molar-refractivity contribution is 0.861. The molecule has 0 spiro atoms. The minimum absolute atomic E-state index is 0.796. The first-order chi connectivity index (χ1) is 5.36. The van der Waals surface area contributed by atoms with Crippen molar-refractivity contribution in [1.29, 1.82) is 0 Å². The van der Waals surface area contributed by atoms with Crippen molar-refractivity contribution in [1.82, 2.24) is 5.43 Å². The molecule has 11 heavy (non-hydrogen) atoms. The fourth-order valence-corrected chi connectivity index (χ4v) is 0.874. The third-order valence-corrected chi connectivity index (χ3v) is 1.35. The number of hydrogen-bond acceptors (Lipinski definition) is 1. The van der Waals surface area contributed by atoms with Crippen molar-refractivity contribution in [2.45, 2.75) is 12.8 Å². The van der Waals surface area contributed by atoms with Crippen LogP contribution in [-0.2, 0) is 0 Å². The summed E-state index contributed by atoms with van der Waals surface area (Å²) in [5, 5.41) is 3.96. The van der Waals surface area contributed by atoms with Crippen LogP contribution in [0.4, 0.5) is 0 Å². The summed E-state index contributed by atoms with van der Waals surface area (Å²) in [4.78, 5) is 0. The summed E-state index contributed by atoms with van der Waals surface area (Å²) in [6, 6.07) is 0. The van der Waals surface area contributed by atoms with Gasteiger partial charge in [-0.3, -0.25) is 0 Å². The molecule has 0 aliphatic carbocycles. The standard InChI is InChI=1S/C9H11N2/c1-3-5-8-7-9(6-4-2)11-10-8/h3-4,7H,1-2,5-6H2. The van der Waals surface area contributed by atoms with E-state index in [0.717, 1.165) is 24.3 Å². The van der Waals surface area contributed by atoms with Gasteiger partial charge in [-0.05, 0) is 6.08 Å². The molecular weight excluding hydrogens is 136 g/mol. The Morgan fingerprint density at radius 2 is 2.00 bits per heavy atom. The zero-order valence-electron chi connectivity index (χ0n) is 6.45. The Balaban J connectivity index is 2.48. The summed E-state index contributed by atoms with van der Waals surface area (Å²) in [7, 11) is 0. The highest BCUT2D eigenvalue weighted by Crippen LogP contribution is 2.08. The van der Waals surface area contributed by atoms with Gasteiger partial charge in [0.15, 0.2) is 0 Å². The topological polar surface area (TPSA) is 26.5 Å².